The molecule has 2 aromatic carbocycles. The Labute approximate surface area is 227 Å². The number of nitrogens with zero attached hydrogens (tertiary/aromatic N) is 2. The molecular weight excluding hydrogens is 638 g/mol. The van der Waals surface area contributed by atoms with E-state index in [0.717, 1.165) is 37.8 Å². The third-order valence-corrected chi connectivity index (χ3v) is 4.97. The molecule has 2 heterocycles. The third kappa shape index (κ3) is 16.1. The molecule has 0 amide bonds. The normalized spacial score (nSPS) is 15.6. The van der Waals surface area contributed by atoms with Crippen molar-refractivity contribution in [3.8, 4) is 0 Å². The van der Waals surface area contributed by atoms with Gasteiger partial charge in [0.1, 0.15) is 0 Å². The van der Waals surface area contributed by atoms with Gasteiger partial charge in [-0.05, 0) is 63.8 Å². The Hall–Kier alpha value is -0.266. The van der Waals surface area contributed by atoms with Gasteiger partial charge in [0.2, 0.25) is 0 Å². The number of hydrogen-bond acceptors (Lipinski definition) is 4. The molecule has 0 aromatic heterocycles. The van der Waals surface area contributed by atoms with Crippen LogP contribution in [0.3, 0.4) is 0 Å². The monoisotopic (exact) mass is 664 g/mol. The average molecular weight is 668 g/mol. The molecule has 2 aliphatic heterocycles. The van der Waals surface area contributed by atoms with E-state index in [2.05, 4.69) is 38.4 Å². The molecule has 4 nitrogen and oxygen atoms in total. The molecule has 0 radical (unpaired) electrons. The van der Waals surface area contributed by atoms with Crippen LogP contribution in [0.4, 0.5) is 11.4 Å². The van der Waals surface area contributed by atoms with Gasteiger partial charge >= 0.3 is 39.3 Å². The minimum absolute atomic E-state index is 0.177. The van der Waals surface area contributed by atoms with Crippen LogP contribution < -0.4 is 0 Å². The molecule has 2 aliphatic rings. The van der Waals surface area contributed by atoms with Crippen molar-refractivity contribution in [2.75, 3.05) is 26.4 Å². The van der Waals surface area contributed by atoms with Crippen LogP contribution in [0.5, 0.6) is 0 Å². The van der Waals surface area contributed by atoms with E-state index in [9.17, 15) is 0 Å². The van der Waals surface area contributed by atoms with E-state index in [4.69, 9.17) is 32.7 Å². The predicted molar refractivity (Wildman–Crippen MR) is 146 cm³/mol. The molecule has 0 aliphatic carbocycles. The summed E-state index contributed by atoms with van der Waals surface area (Å²) in [5.74, 6) is 0. The molecule has 0 saturated carbocycles. The van der Waals surface area contributed by atoms with Gasteiger partial charge in [0, 0.05) is 26.4 Å². The second kappa shape index (κ2) is 20.0. The van der Waals surface area contributed by atoms with E-state index in [1.165, 1.54) is 47.7 Å². The Kier molecular flexibility index (Phi) is 18.6. The summed E-state index contributed by atoms with van der Waals surface area (Å²) >= 11 is 18.1. The standard InChI is InChI=1S/C16H14Cl2N2.2C4H8O.2BrH.Ni/c1-11-3-7-13(8-4-11)19-15(17)16(18)20-14-9-5-12(2)6-10-14;2*1-2-4-5-3-1;;;/h3-10H,1-2H3;2*1-4H2;2*1H;/q;;;;;+2/p-2. The molecule has 4 rings (SSSR count). The number of halogens is 4. The zero-order valence-electron chi connectivity index (χ0n) is 18.8. The second-order valence-corrected chi connectivity index (χ2v) is 12.9. The van der Waals surface area contributed by atoms with Crippen molar-refractivity contribution >= 4 is 73.4 Å². The van der Waals surface area contributed by atoms with Gasteiger partial charge < -0.3 is 9.47 Å². The van der Waals surface area contributed by atoms with Crippen molar-refractivity contribution in [3.05, 3.63) is 59.7 Å². The fourth-order valence-corrected chi connectivity index (χ4v) is 2.86. The van der Waals surface area contributed by atoms with E-state index < -0.39 is 0 Å². The van der Waals surface area contributed by atoms with Gasteiger partial charge in [0.05, 0.1) is 11.4 Å². The van der Waals surface area contributed by atoms with Crippen molar-refractivity contribution in [3.63, 3.8) is 0 Å². The number of ether oxygens (including phenoxy) is 2. The Morgan fingerprint density at radius 3 is 1.15 bits per heavy atom. The van der Waals surface area contributed by atoms with Crippen LogP contribution in [0.2, 0.25) is 0 Å². The Bertz CT molecular complexity index is 743. The summed E-state index contributed by atoms with van der Waals surface area (Å²) < 4.78 is 9.89. The maximum absolute atomic E-state index is 6.07. The summed E-state index contributed by atoms with van der Waals surface area (Å²) in [7, 11) is 1.25. The van der Waals surface area contributed by atoms with Gasteiger partial charge in [-0.1, -0.05) is 58.6 Å². The molecule has 33 heavy (non-hydrogen) atoms. The third-order valence-electron chi connectivity index (χ3n) is 4.35. The second-order valence-electron chi connectivity index (χ2n) is 7.16. The first-order chi connectivity index (χ1) is 16.0. The molecule has 0 unspecified atom stereocenters. The Balaban J connectivity index is 0.000000336. The van der Waals surface area contributed by atoms with Crippen LogP contribution in [0, 0.1) is 13.8 Å². The molecule has 2 aromatic rings. The predicted octanol–water partition coefficient (Wildman–Crippen LogP) is 8.82. The summed E-state index contributed by atoms with van der Waals surface area (Å²) in [6, 6.07) is 15.4. The van der Waals surface area contributed by atoms with E-state index in [-0.39, 0.29) is 10.3 Å². The Morgan fingerprint density at radius 2 is 0.939 bits per heavy atom. The number of benzene rings is 2. The molecule has 0 atom stereocenters. The summed E-state index contributed by atoms with van der Waals surface area (Å²) in [5.41, 5.74) is 3.83. The zero-order chi connectivity index (χ0) is 24.3. The van der Waals surface area contributed by atoms with Crippen molar-refractivity contribution < 1.29 is 20.4 Å². The fourth-order valence-electron chi connectivity index (χ4n) is 2.58. The van der Waals surface area contributed by atoms with Crippen molar-refractivity contribution in [1.82, 2.24) is 0 Å². The topological polar surface area (TPSA) is 43.2 Å². The molecule has 0 N–H and O–H groups in total. The van der Waals surface area contributed by atoms with Gasteiger partial charge in [0.15, 0.2) is 10.3 Å². The summed E-state index contributed by atoms with van der Waals surface area (Å²) in [6.07, 6.45) is 5.11. The zero-order valence-corrected chi connectivity index (χ0v) is 24.5. The number of aryl methyl sites for hydroxylation is 2. The molecular formula is C24H30Br2Cl2N2NiO2. The summed E-state index contributed by atoms with van der Waals surface area (Å²) in [5, 5.41) is 0.354. The van der Waals surface area contributed by atoms with Crippen molar-refractivity contribution in [1.29, 1.82) is 0 Å². The molecule has 0 spiro atoms. The van der Waals surface area contributed by atoms with Crippen LogP contribution in [0.25, 0.3) is 0 Å². The van der Waals surface area contributed by atoms with E-state index in [0.29, 0.717) is 0 Å². The average Bonchev–Trinajstić information content (AvgIpc) is 3.57. The van der Waals surface area contributed by atoms with Crippen molar-refractivity contribution in [2.24, 2.45) is 9.98 Å². The SMILES string of the molecule is C1CCOC1.C1CCOC1.Cc1ccc(N=C(Cl)C(Cl)=Nc2ccc(C)cc2)cc1.[Br][Ni][Br]. The van der Waals surface area contributed by atoms with E-state index >= 15 is 0 Å². The van der Waals surface area contributed by atoms with Gasteiger partial charge in [-0.2, -0.15) is 0 Å². The first-order valence-corrected chi connectivity index (χ1v) is 16.2. The summed E-state index contributed by atoms with van der Waals surface area (Å²) in [6.45, 7) is 8.03. The van der Waals surface area contributed by atoms with Crippen LogP contribution in [-0.4, -0.2) is 36.8 Å². The number of rotatable bonds is 3. The Morgan fingerprint density at radius 1 is 0.667 bits per heavy atom. The van der Waals surface area contributed by atoms with Gasteiger partial charge in [0.25, 0.3) is 0 Å². The van der Waals surface area contributed by atoms with Crippen LogP contribution in [-0.2, 0) is 20.4 Å². The molecule has 2 saturated heterocycles. The van der Waals surface area contributed by atoms with E-state index in [1.807, 2.05) is 62.4 Å². The first kappa shape index (κ1) is 30.8. The number of aliphatic imine (C=N–C) groups is 2. The molecule has 186 valence electrons. The first-order valence-electron chi connectivity index (χ1n) is 10.6. The quantitative estimate of drug-likeness (QED) is 0.243. The molecule has 2 fully saturated rings. The molecule has 0 bridgehead atoms. The van der Waals surface area contributed by atoms with Gasteiger partial charge in [-0.3, -0.25) is 0 Å². The summed E-state index contributed by atoms with van der Waals surface area (Å²) in [4.78, 5) is 8.47. The van der Waals surface area contributed by atoms with Gasteiger partial charge in [-0.25, -0.2) is 9.98 Å². The van der Waals surface area contributed by atoms with Crippen LogP contribution in [0.15, 0.2) is 58.5 Å². The van der Waals surface area contributed by atoms with Gasteiger partial charge in [-0.15, -0.1) is 0 Å². The maximum atomic E-state index is 6.07. The van der Waals surface area contributed by atoms with Crippen molar-refractivity contribution in [2.45, 2.75) is 39.5 Å². The van der Waals surface area contributed by atoms with Crippen LogP contribution in [0.1, 0.15) is 36.8 Å². The minimum atomic E-state index is 0.177. The fraction of sp³-hybridized carbons (Fsp3) is 0.417. The van der Waals surface area contributed by atoms with E-state index in [1.54, 1.807) is 0 Å². The number of hydrogen-bond donors (Lipinski definition) is 0. The molecule has 9 heteroatoms. The van der Waals surface area contributed by atoms with Crippen LogP contribution >= 0.6 is 51.7 Å².